The zero-order valence-corrected chi connectivity index (χ0v) is 7.64. The predicted molar refractivity (Wildman–Crippen MR) is 51.4 cm³/mol. The summed E-state index contributed by atoms with van der Waals surface area (Å²) in [6.45, 7) is 0.521. The highest BCUT2D eigenvalue weighted by molar-refractivity contribution is 7.78. The van der Waals surface area contributed by atoms with Crippen LogP contribution in [0.2, 0.25) is 0 Å². The second kappa shape index (κ2) is 4.72. The van der Waals surface area contributed by atoms with Crippen LogP contribution >= 0.6 is 12.2 Å². The molecule has 0 aliphatic carbocycles. The number of thiocarbonyl (C=S) groups is 1. The molecule has 1 aromatic rings. The van der Waals surface area contributed by atoms with Crippen LogP contribution in [-0.4, -0.2) is 12.7 Å². The molecule has 2 nitrogen and oxygen atoms in total. The van der Waals surface area contributed by atoms with Gasteiger partial charge < -0.3 is 9.47 Å². The Balaban J connectivity index is 2.58. The summed E-state index contributed by atoms with van der Waals surface area (Å²) in [7, 11) is 1.64. The maximum absolute atomic E-state index is 5.00. The number of hydrogen-bond donors (Lipinski definition) is 0. The minimum atomic E-state index is 0.521. The first-order chi connectivity index (χ1) is 5.86. The first kappa shape index (κ1) is 9.00. The van der Waals surface area contributed by atoms with Crippen molar-refractivity contribution in [3.8, 4) is 5.75 Å². The molecule has 1 aromatic carbocycles. The third kappa shape index (κ3) is 2.51. The van der Waals surface area contributed by atoms with Crippen LogP contribution in [0.1, 0.15) is 5.56 Å². The topological polar surface area (TPSA) is 18.5 Å². The van der Waals surface area contributed by atoms with E-state index in [1.807, 2.05) is 24.3 Å². The van der Waals surface area contributed by atoms with Gasteiger partial charge in [-0.15, -0.1) is 0 Å². The lowest BCUT2D eigenvalue weighted by molar-refractivity contribution is 0.315. The van der Waals surface area contributed by atoms with Gasteiger partial charge in [0.15, 0.2) is 0 Å². The standard InChI is InChI=1S/C9H10O2S/c1-10-9-4-2-8(3-5-9)6-11-7-12/h2-5,7H,6H2,1H3. The molecule has 64 valence electrons. The number of methoxy groups -OCH3 is 1. The Labute approximate surface area is 77.1 Å². The number of hydrogen-bond acceptors (Lipinski definition) is 3. The lowest BCUT2D eigenvalue weighted by Gasteiger charge is -2.01. The van der Waals surface area contributed by atoms with Crippen LogP contribution in [0.5, 0.6) is 5.75 Å². The number of benzene rings is 1. The van der Waals surface area contributed by atoms with Crippen molar-refractivity contribution < 1.29 is 9.47 Å². The molecular weight excluding hydrogens is 172 g/mol. The minimum absolute atomic E-state index is 0.521. The summed E-state index contributed by atoms with van der Waals surface area (Å²) in [6.07, 6.45) is 0. The van der Waals surface area contributed by atoms with Crippen molar-refractivity contribution in [1.29, 1.82) is 0 Å². The van der Waals surface area contributed by atoms with E-state index in [0.717, 1.165) is 11.3 Å². The third-order valence-corrected chi connectivity index (χ3v) is 1.61. The molecule has 0 aliphatic rings. The highest BCUT2D eigenvalue weighted by Crippen LogP contribution is 2.11. The Morgan fingerprint density at radius 2 is 2.00 bits per heavy atom. The zero-order chi connectivity index (χ0) is 8.81. The van der Waals surface area contributed by atoms with Gasteiger partial charge in [0.1, 0.15) is 17.9 Å². The summed E-state index contributed by atoms with van der Waals surface area (Å²) in [4.78, 5) is 0. The van der Waals surface area contributed by atoms with Crippen LogP contribution in [0, 0.1) is 0 Å². The van der Waals surface area contributed by atoms with Crippen LogP contribution in [-0.2, 0) is 11.3 Å². The third-order valence-electron chi connectivity index (χ3n) is 1.48. The van der Waals surface area contributed by atoms with E-state index in [1.54, 1.807) is 7.11 Å². The zero-order valence-electron chi connectivity index (χ0n) is 6.82. The fourth-order valence-electron chi connectivity index (χ4n) is 0.852. The van der Waals surface area contributed by atoms with E-state index in [9.17, 15) is 0 Å². The molecule has 0 amide bonds. The molecule has 0 unspecified atom stereocenters. The lowest BCUT2D eigenvalue weighted by Crippen LogP contribution is -1.89. The van der Waals surface area contributed by atoms with Gasteiger partial charge in [-0.2, -0.15) is 0 Å². The maximum Gasteiger partial charge on any atom is 0.146 e. The van der Waals surface area contributed by atoms with E-state index >= 15 is 0 Å². The number of rotatable bonds is 4. The first-order valence-corrected chi connectivity index (χ1v) is 4.02. The largest absolute Gasteiger partial charge is 0.497 e. The van der Waals surface area contributed by atoms with Crippen molar-refractivity contribution in [2.75, 3.05) is 7.11 Å². The molecule has 0 spiro atoms. The summed E-state index contributed by atoms with van der Waals surface area (Å²) < 4.78 is 9.95. The van der Waals surface area contributed by atoms with Gasteiger partial charge >= 0.3 is 0 Å². The fraction of sp³-hybridized carbons (Fsp3) is 0.222. The Morgan fingerprint density at radius 1 is 1.33 bits per heavy atom. The van der Waals surface area contributed by atoms with E-state index < -0.39 is 0 Å². The van der Waals surface area contributed by atoms with Crippen LogP contribution < -0.4 is 4.74 Å². The van der Waals surface area contributed by atoms with E-state index in [0.29, 0.717) is 6.61 Å². The molecule has 0 bridgehead atoms. The average molecular weight is 182 g/mol. The van der Waals surface area contributed by atoms with Crippen LogP contribution in [0.4, 0.5) is 0 Å². The monoisotopic (exact) mass is 182 g/mol. The van der Waals surface area contributed by atoms with E-state index in [4.69, 9.17) is 9.47 Å². The van der Waals surface area contributed by atoms with Gasteiger partial charge in [0.05, 0.1) is 7.11 Å². The molecule has 0 fully saturated rings. The van der Waals surface area contributed by atoms with Crippen molar-refractivity contribution in [1.82, 2.24) is 0 Å². The van der Waals surface area contributed by atoms with Gasteiger partial charge in [-0.3, -0.25) is 0 Å². The second-order valence-electron chi connectivity index (χ2n) is 2.26. The summed E-state index contributed by atoms with van der Waals surface area (Å²) >= 11 is 4.53. The maximum atomic E-state index is 5.00. The van der Waals surface area contributed by atoms with Crippen LogP contribution in [0.25, 0.3) is 0 Å². The molecule has 0 aliphatic heterocycles. The molecule has 0 N–H and O–H groups in total. The van der Waals surface area contributed by atoms with Crippen molar-refractivity contribution in [3.05, 3.63) is 29.8 Å². The molecule has 1 rings (SSSR count). The summed E-state index contributed by atoms with van der Waals surface area (Å²) in [5.41, 5.74) is 2.35. The van der Waals surface area contributed by atoms with Crippen molar-refractivity contribution >= 4 is 17.8 Å². The van der Waals surface area contributed by atoms with Gasteiger partial charge in [0, 0.05) is 0 Å². The minimum Gasteiger partial charge on any atom is -0.497 e. The van der Waals surface area contributed by atoms with Crippen molar-refractivity contribution in [2.24, 2.45) is 0 Å². The van der Waals surface area contributed by atoms with Gasteiger partial charge in [-0.25, -0.2) is 0 Å². The van der Waals surface area contributed by atoms with Crippen molar-refractivity contribution in [2.45, 2.75) is 6.61 Å². The second-order valence-corrected chi connectivity index (χ2v) is 2.45. The SMILES string of the molecule is COc1ccc(COC=S)cc1. The normalized spacial score (nSPS) is 9.08. The Morgan fingerprint density at radius 3 is 2.50 bits per heavy atom. The molecule has 0 saturated carbocycles. The highest BCUT2D eigenvalue weighted by atomic mass is 32.1. The average Bonchev–Trinajstić information content (AvgIpc) is 2.15. The van der Waals surface area contributed by atoms with E-state index in [2.05, 4.69) is 12.2 Å². The Kier molecular flexibility index (Phi) is 3.54. The summed E-state index contributed by atoms with van der Waals surface area (Å²) in [6, 6.07) is 7.67. The van der Waals surface area contributed by atoms with Gasteiger partial charge in [-0.05, 0) is 29.9 Å². The van der Waals surface area contributed by atoms with Gasteiger partial charge in [-0.1, -0.05) is 12.1 Å². The molecule has 3 heteroatoms. The van der Waals surface area contributed by atoms with Crippen LogP contribution in [0.15, 0.2) is 24.3 Å². The van der Waals surface area contributed by atoms with E-state index in [-0.39, 0.29) is 0 Å². The molecule has 0 saturated heterocycles. The quantitative estimate of drug-likeness (QED) is 0.665. The molecule has 0 aromatic heterocycles. The highest BCUT2D eigenvalue weighted by Gasteiger charge is 1.92. The van der Waals surface area contributed by atoms with Crippen LogP contribution in [0.3, 0.4) is 0 Å². The fourth-order valence-corrected chi connectivity index (χ4v) is 0.920. The first-order valence-electron chi connectivity index (χ1n) is 3.55. The summed E-state index contributed by atoms with van der Waals surface area (Å²) in [5.74, 6) is 0.848. The number of ether oxygens (including phenoxy) is 2. The molecule has 0 radical (unpaired) electrons. The smallest absolute Gasteiger partial charge is 0.146 e. The van der Waals surface area contributed by atoms with Gasteiger partial charge in [0.2, 0.25) is 0 Å². The molecule has 12 heavy (non-hydrogen) atoms. The Bertz CT molecular complexity index is 243. The van der Waals surface area contributed by atoms with E-state index in [1.165, 1.54) is 5.55 Å². The molecule has 0 atom stereocenters. The van der Waals surface area contributed by atoms with Crippen molar-refractivity contribution in [3.63, 3.8) is 0 Å². The Hall–Kier alpha value is -1.09. The lowest BCUT2D eigenvalue weighted by atomic mass is 10.2. The predicted octanol–water partition coefficient (Wildman–Crippen LogP) is 2.17. The molecular formula is C9H10O2S. The summed E-state index contributed by atoms with van der Waals surface area (Å²) in [5, 5.41) is 0. The van der Waals surface area contributed by atoms with Gasteiger partial charge in [0.25, 0.3) is 0 Å². The molecule has 0 heterocycles.